The molecule has 1 aliphatic carbocycles. The molecule has 0 spiro atoms. The molecule has 1 unspecified atom stereocenters. The lowest BCUT2D eigenvalue weighted by molar-refractivity contribution is 0.131. The number of nitrogens with two attached hydrogens (primary N) is 1. The fourth-order valence-electron chi connectivity index (χ4n) is 2.29. The Morgan fingerprint density at radius 1 is 1.45 bits per heavy atom. The first-order chi connectivity index (χ1) is 9.58. The number of benzene rings is 1. The first kappa shape index (κ1) is 15.3. The molecule has 0 radical (unpaired) electrons. The topological polar surface area (TPSA) is 38.5 Å². The predicted molar refractivity (Wildman–Crippen MR) is 80.6 cm³/mol. The van der Waals surface area contributed by atoms with Gasteiger partial charge in [-0.25, -0.2) is 4.39 Å². The predicted octanol–water partition coefficient (Wildman–Crippen LogP) is 2.58. The molecule has 1 aliphatic rings. The van der Waals surface area contributed by atoms with Crippen molar-refractivity contribution in [2.45, 2.75) is 32.2 Å². The van der Waals surface area contributed by atoms with Gasteiger partial charge in [0.15, 0.2) is 0 Å². The Kier molecular flexibility index (Phi) is 5.38. The highest BCUT2D eigenvalue weighted by Crippen LogP contribution is 2.28. The zero-order chi connectivity index (χ0) is 14.5. The molecule has 20 heavy (non-hydrogen) atoms. The molecule has 3 nitrogen and oxygen atoms in total. The van der Waals surface area contributed by atoms with Crippen LogP contribution in [0.2, 0.25) is 0 Å². The third-order valence-electron chi connectivity index (χ3n) is 3.65. The maximum atomic E-state index is 14.0. The minimum absolute atomic E-state index is 0.0508. The molecule has 0 heterocycles. The molecule has 1 aromatic rings. The Morgan fingerprint density at radius 3 is 2.85 bits per heavy atom. The van der Waals surface area contributed by atoms with E-state index in [9.17, 15) is 4.39 Å². The van der Waals surface area contributed by atoms with Crippen molar-refractivity contribution in [2.24, 2.45) is 11.7 Å². The number of nitrogens with zero attached hydrogens (tertiary/aromatic N) is 1. The van der Waals surface area contributed by atoms with Crippen LogP contribution in [-0.4, -0.2) is 32.8 Å². The van der Waals surface area contributed by atoms with E-state index in [1.54, 1.807) is 6.07 Å². The molecule has 2 rings (SSSR count). The standard InChI is InChI=1S/C16H25FN2O/c1-12(18)10-14-15(17)4-3-5-16(14)19(2)8-9-20-11-13-6-7-13/h3-5,12-13H,6-11,18H2,1-2H3. The summed E-state index contributed by atoms with van der Waals surface area (Å²) in [6.45, 7) is 4.21. The monoisotopic (exact) mass is 280 g/mol. The first-order valence-corrected chi connectivity index (χ1v) is 7.39. The quantitative estimate of drug-likeness (QED) is 0.744. The second kappa shape index (κ2) is 7.04. The normalized spacial score (nSPS) is 16.2. The number of anilines is 1. The van der Waals surface area contributed by atoms with Gasteiger partial charge in [-0.05, 0) is 44.2 Å². The van der Waals surface area contributed by atoms with E-state index >= 15 is 0 Å². The van der Waals surface area contributed by atoms with Crippen LogP contribution in [0.5, 0.6) is 0 Å². The lowest BCUT2D eigenvalue weighted by Crippen LogP contribution is -2.26. The summed E-state index contributed by atoms with van der Waals surface area (Å²) >= 11 is 0. The summed E-state index contributed by atoms with van der Waals surface area (Å²) in [6, 6.07) is 5.14. The summed E-state index contributed by atoms with van der Waals surface area (Å²) in [5.74, 6) is 0.605. The molecule has 4 heteroatoms. The highest BCUT2D eigenvalue weighted by molar-refractivity contribution is 5.54. The van der Waals surface area contributed by atoms with Crippen molar-refractivity contribution in [1.29, 1.82) is 0 Å². The van der Waals surface area contributed by atoms with Crippen molar-refractivity contribution < 1.29 is 9.13 Å². The van der Waals surface area contributed by atoms with Gasteiger partial charge in [0.05, 0.1) is 6.61 Å². The molecule has 2 N–H and O–H groups in total. The second-order valence-corrected chi connectivity index (χ2v) is 5.86. The SMILES string of the molecule is CC(N)Cc1c(F)cccc1N(C)CCOCC1CC1. The van der Waals surface area contributed by atoms with Crippen molar-refractivity contribution >= 4 is 5.69 Å². The lowest BCUT2D eigenvalue weighted by Gasteiger charge is -2.23. The van der Waals surface area contributed by atoms with Crippen LogP contribution in [0.1, 0.15) is 25.3 Å². The zero-order valence-electron chi connectivity index (χ0n) is 12.4. The molecule has 1 aromatic carbocycles. The Balaban J connectivity index is 1.92. The molecule has 1 saturated carbocycles. The summed E-state index contributed by atoms with van der Waals surface area (Å²) in [5.41, 5.74) is 7.43. The third-order valence-corrected chi connectivity index (χ3v) is 3.65. The molecule has 0 saturated heterocycles. The van der Waals surface area contributed by atoms with Crippen LogP contribution < -0.4 is 10.6 Å². The number of ether oxygens (including phenoxy) is 1. The van der Waals surface area contributed by atoms with Crippen LogP contribution in [0.15, 0.2) is 18.2 Å². The average Bonchev–Trinajstić information content (AvgIpc) is 3.20. The Bertz CT molecular complexity index is 432. The van der Waals surface area contributed by atoms with Gasteiger partial charge in [0.25, 0.3) is 0 Å². The summed E-state index contributed by atoms with van der Waals surface area (Å²) in [4.78, 5) is 2.05. The number of hydrogen-bond acceptors (Lipinski definition) is 3. The third kappa shape index (κ3) is 4.46. The van der Waals surface area contributed by atoms with Gasteiger partial charge < -0.3 is 15.4 Å². The van der Waals surface area contributed by atoms with Gasteiger partial charge in [0.2, 0.25) is 0 Å². The molecule has 0 aromatic heterocycles. The van der Waals surface area contributed by atoms with E-state index < -0.39 is 0 Å². The largest absolute Gasteiger partial charge is 0.379 e. The number of hydrogen-bond donors (Lipinski definition) is 1. The van der Waals surface area contributed by atoms with Crippen LogP contribution in [0, 0.1) is 11.7 Å². The number of rotatable bonds is 8. The minimum Gasteiger partial charge on any atom is -0.379 e. The van der Waals surface area contributed by atoms with E-state index in [4.69, 9.17) is 10.5 Å². The fourth-order valence-corrected chi connectivity index (χ4v) is 2.29. The van der Waals surface area contributed by atoms with Gasteiger partial charge >= 0.3 is 0 Å². The average molecular weight is 280 g/mol. The van der Waals surface area contributed by atoms with Crippen LogP contribution in [0.4, 0.5) is 10.1 Å². The van der Waals surface area contributed by atoms with Crippen LogP contribution in [-0.2, 0) is 11.2 Å². The highest BCUT2D eigenvalue weighted by Gasteiger charge is 2.21. The van der Waals surface area contributed by atoms with Crippen LogP contribution in [0.25, 0.3) is 0 Å². The van der Waals surface area contributed by atoms with Gasteiger partial charge in [-0.2, -0.15) is 0 Å². The van der Waals surface area contributed by atoms with Crippen molar-refractivity contribution in [3.05, 3.63) is 29.6 Å². The molecule has 1 fully saturated rings. The maximum absolute atomic E-state index is 14.0. The fraction of sp³-hybridized carbons (Fsp3) is 0.625. The second-order valence-electron chi connectivity index (χ2n) is 5.86. The number of likely N-dealkylation sites (N-methyl/N-ethyl adjacent to an activating group) is 1. The molecule has 1 atom stereocenters. The zero-order valence-corrected chi connectivity index (χ0v) is 12.4. The molecule has 0 aliphatic heterocycles. The van der Waals surface area contributed by atoms with Crippen LogP contribution >= 0.6 is 0 Å². The van der Waals surface area contributed by atoms with E-state index in [2.05, 4.69) is 0 Å². The highest BCUT2D eigenvalue weighted by atomic mass is 19.1. The minimum atomic E-state index is -0.175. The molecule has 0 bridgehead atoms. The Hall–Kier alpha value is -1.13. The Morgan fingerprint density at radius 2 is 2.20 bits per heavy atom. The summed E-state index contributed by atoms with van der Waals surface area (Å²) in [7, 11) is 1.97. The van der Waals surface area contributed by atoms with Crippen molar-refractivity contribution in [3.63, 3.8) is 0 Å². The molecular weight excluding hydrogens is 255 g/mol. The molecule has 112 valence electrons. The number of halogens is 1. The van der Waals surface area contributed by atoms with E-state index in [0.29, 0.717) is 18.6 Å². The summed E-state index contributed by atoms with van der Waals surface area (Å²) in [6.07, 6.45) is 3.16. The van der Waals surface area contributed by atoms with E-state index in [1.165, 1.54) is 18.9 Å². The van der Waals surface area contributed by atoms with Gasteiger partial charge in [0, 0.05) is 37.5 Å². The Labute approximate surface area is 120 Å². The first-order valence-electron chi connectivity index (χ1n) is 7.39. The van der Waals surface area contributed by atoms with Gasteiger partial charge in [-0.3, -0.25) is 0 Å². The molecular formula is C16H25FN2O. The van der Waals surface area contributed by atoms with Crippen molar-refractivity contribution in [2.75, 3.05) is 31.7 Å². The lowest BCUT2D eigenvalue weighted by atomic mass is 10.0. The van der Waals surface area contributed by atoms with Gasteiger partial charge in [0.1, 0.15) is 5.82 Å². The van der Waals surface area contributed by atoms with E-state index in [0.717, 1.165) is 24.8 Å². The van der Waals surface area contributed by atoms with Crippen LogP contribution in [0.3, 0.4) is 0 Å². The van der Waals surface area contributed by atoms with Crippen molar-refractivity contribution in [3.8, 4) is 0 Å². The molecule has 0 amide bonds. The summed E-state index contributed by atoms with van der Waals surface area (Å²) < 4.78 is 19.6. The van der Waals surface area contributed by atoms with Crippen molar-refractivity contribution in [1.82, 2.24) is 0 Å². The maximum Gasteiger partial charge on any atom is 0.128 e. The van der Waals surface area contributed by atoms with Gasteiger partial charge in [-0.1, -0.05) is 6.07 Å². The van der Waals surface area contributed by atoms with E-state index in [1.807, 2.05) is 24.9 Å². The van der Waals surface area contributed by atoms with Gasteiger partial charge in [-0.15, -0.1) is 0 Å². The smallest absolute Gasteiger partial charge is 0.128 e. The van der Waals surface area contributed by atoms with E-state index in [-0.39, 0.29) is 11.9 Å². The summed E-state index contributed by atoms with van der Waals surface area (Å²) in [5, 5.41) is 0.